The Bertz CT molecular complexity index is 901. The number of aliphatic hydroxyl groups excluding tert-OH is 2. The highest BCUT2D eigenvalue weighted by atomic mass is 16.5. The van der Waals surface area contributed by atoms with Crippen molar-refractivity contribution in [3.63, 3.8) is 0 Å². The summed E-state index contributed by atoms with van der Waals surface area (Å²) < 4.78 is 11.5. The molecule has 4 atom stereocenters. The Kier molecular flexibility index (Phi) is 44.9. The van der Waals surface area contributed by atoms with E-state index in [9.17, 15) is 19.8 Å². The summed E-state index contributed by atoms with van der Waals surface area (Å²) in [7, 11) is 0. The maximum absolute atomic E-state index is 12.8. The lowest BCUT2D eigenvalue weighted by atomic mass is 9.80. The summed E-state index contributed by atoms with van der Waals surface area (Å²) in [4.78, 5) is 27.8. The Hall–Kier alpha value is -1.18. The van der Waals surface area contributed by atoms with E-state index in [1.165, 1.54) is 148 Å². The number of nitrogens with zero attached hydrogens (tertiary/aromatic N) is 1. The number of hydrogen-bond acceptors (Lipinski definition) is 7. The van der Waals surface area contributed by atoms with Crippen LogP contribution in [0.4, 0.5) is 0 Å². The largest absolute Gasteiger partial charge is 0.466 e. The van der Waals surface area contributed by atoms with Crippen LogP contribution in [0.3, 0.4) is 0 Å². The Morgan fingerprint density at radius 3 is 1.40 bits per heavy atom. The minimum absolute atomic E-state index is 0.0638. The average Bonchev–Trinajstić information content (AvgIpc) is 3.25. The molecule has 2 N–H and O–H groups in total. The van der Waals surface area contributed by atoms with Gasteiger partial charge in [0, 0.05) is 32.6 Å². The number of ether oxygens (including phenoxy) is 2. The van der Waals surface area contributed by atoms with Crippen molar-refractivity contribution < 1.29 is 29.3 Å². The van der Waals surface area contributed by atoms with Gasteiger partial charge in [-0.1, -0.05) is 189 Å². The van der Waals surface area contributed by atoms with Gasteiger partial charge in [-0.3, -0.25) is 9.59 Å². The molecular weight excluding hydrogens is 747 g/mol. The van der Waals surface area contributed by atoms with Gasteiger partial charge in [0.05, 0.1) is 13.2 Å². The van der Waals surface area contributed by atoms with E-state index >= 15 is 0 Å². The van der Waals surface area contributed by atoms with Gasteiger partial charge in [-0.2, -0.15) is 0 Å². The smallest absolute Gasteiger partial charge is 0.305 e. The maximum atomic E-state index is 12.8. The molecule has 0 amide bonds. The lowest BCUT2D eigenvalue weighted by Gasteiger charge is -2.27. The number of esters is 2. The summed E-state index contributed by atoms with van der Waals surface area (Å²) in [6.45, 7) is 15.5. The number of rotatable bonds is 48. The van der Waals surface area contributed by atoms with E-state index in [-0.39, 0.29) is 31.1 Å². The third kappa shape index (κ3) is 37.4. The minimum atomic E-state index is -0.0782. The Labute approximate surface area is 374 Å². The lowest BCUT2D eigenvalue weighted by molar-refractivity contribution is -0.145. The van der Waals surface area contributed by atoms with Crippen molar-refractivity contribution >= 4 is 11.9 Å². The predicted molar refractivity (Wildman–Crippen MR) is 256 cm³/mol. The van der Waals surface area contributed by atoms with Crippen LogP contribution in [0.25, 0.3) is 0 Å². The van der Waals surface area contributed by atoms with Crippen molar-refractivity contribution in [3.8, 4) is 0 Å². The van der Waals surface area contributed by atoms with Crippen molar-refractivity contribution in [2.45, 2.75) is 259 Å². The average molecular weight is 852 g/mol. The molecule has 0 aromatic rings. The molecule has 0 aliphatic rings. The van der Waals surface area contributed by atoms with Gasteiger partial charge < -0.3 is 24.6 Å². The van der Waals surface area contributed by atoms with Gasteiger partial charge in [0.2, 0.25) is 0 Å². The van der Waals surface area contributed by atoms with Crippen LogP contribution in [0.5, 0.6) is 0 Å². The molecule has 0 aliphatic carbocycles. The van der Waals surface area contributed by atoms with Crippen molar-refractivity contribution in [1.29, 1.82) is 0 Å². The van der Waals surface area contributed by atoms with Crippen LogP contribution in [-0.4, -0.2) is 73.1 Å². The SMILES string of the molecule is CCCCCCCCC(CCCCCC)C(CC)CCOC(=O)CCCCN(CCCCCO)CC(CO)CCCCC(=O)OCCC(CCCCC)CCCCCCC. The first kappa shape index (κ1) is 58.8. The summed E-state index contributed by atoms with van der Waals surface area (Å²) in [5.74, 6) is 2.08. The summed E-state index contributed by atoms with van der Waals surface area (Å²) in [5, 5.41) is 19.6. The molecule has 0 spiro atoms. The number of unbranched alkanes of at least 4 members (excludes halogenated alkanes) is 18. The van der Waals surface area contributed by atoms with Crippen LogP contribution in [0.2, 0.25) is 0 Å². The van der Waals surface area contributed by atoms with E-state index in [1.54, 1.807) is 0 Å². The maximum Gasteiger partial charge on any atom is 0.305 e. The number of aliphatic hydroxyl groups is 2. The van der Waals surface area contributed by atoms with Crippen molar-refractivity contribution in [1.82, 2.24) is 4.90 Å². The standard InChI is InChI=1S/C53H105NO6/c1-6-11-15-18-20-25-36-51(35-24-17-13-8-3)50(10-5)40-45-60-53(58)38-28-30-42-54(41-29-21-31-43-55)46-49(47-56)34-26-27-37-52(57)59-44-39-48(32-22-14-9-4)33-23-19-16-12-7-2/h48-51,55-56H,6-47H2,1-5H3. The van der Waals surface area contributed by atoms with Gasteiger partial charge in [-0.05, 0) is 94.5 Å². The van der Waals surface area contributed by atoms with Gasteiger partial charge >= 0.3 is 11.9 Å². The quantitative estimate of drug-likeness (QED) is 0.0465. The van der Waals surface area contributed by atoms with Gasteiger partial charge in [0.25, 0.3) is 0 Å². The zero-order valence-electron chi connectivity index (χ0n) is 41.0. The van der Waals surface area contributed by atoms with Crippen molar-refractivity contribution in [2.75, 3.05) is 46.1 Å². The van der Waals surface area contributed by atoms with Gasteiger partial charge in [0.15, 0.2) is 0 Å². The van der Waals surface area contributed by atoms with Crippen LogP contribution in [0.1, 0.15) is 259 Å². The third-order valence-electron chi connectivity index (χ3n) is 13.3. The fourth-order valence-electron chi connectivity index (χ4n) is 9.20. The summed E-state index contributed by atoms with van der Waals surface area (Å²) >= 11 is 0. The van der Waals surface area contributed by atoms with E-state index in [2.05, 4.69) is 39.5 Å². The molecule has 7 nitrogen and oxygen atoms in total. The molecule has 0 aromatic carbocycles. The van der Waals surface area contributed by atoms with E-state index in [0.29, 0.717) is 37.9 Å². The normalized spacial score (nSPS) is 13.7. The highest BCUT2D eigenvalue weighted by Crippen LogP contribution is 2.31. The molecule has 60 heavy (non-hydrogen) atoms. The summed E-state index contributed by atoms with van der Waals surface area (Å²) in [6, 6.07) is 0. The topological polar surface area (TPSA) is 96.3 Å². The minimum Gasteiger partial charge on any atom is -0.466 e. The molecule has 0 heterocycles. The second-order valence-electron chi connectivity index (χ2n) is 18.8. The number of carbonyl (C=O) groups is 2. The van der Waals surface area contributed by atoms with E-state index in [1.807, 2.05) is 0 Å². The second-order valence-corrected chi connectivity index (χ2v) is 18.8. The van der Waals surface area contributed by atoms with Gasteiger partial charge in [0.1, 0.15) is 0 Å². The fraction of sp³-hybridized carbons (Fsp3) is 0.962. The number of carbonyl (C=O) groups excluding carboxylic acids is 2. The molecule has 7 heteroatoms. The molecule has 0 radical (unpaired) electrons. The summed E-state index contributed by atoms with van der Waals surface area (Å²) in [5.41, 5.74) is 0. The third-order valence-corrected chi connectivity index (χ3v) is 13.3. The van der Waals surface area contributed by atoms with Crippen LogP contribution < -0.4 is 0 Å². The van der Waals surface area contributed by atoms with Gasteiger partial charge in [-0.25, -0.2) is 0 Å². The highest BCUT2D eigenvalue weighted by Gasteiger charge is 2.21. The Morgan fingerprint density at radius 1 is 0.433 bits per heavy atom. The Morgan fingerprint density at radius 2 is 0.850 bits per heavy atom. The first-order valence-corrected chi connectivity index (χ1v) is 26.6. The van der Waals surface area contributed by atoms with Crippen LogP contribution >= 0.6 is 0 Å². The first-order chi connectivity index (χ1) is 29.4. The lowest BCUT2D eigenvalue weighted by Crippen LogP contribution is -2.33. The molecule has 0 saturated carbocycles. The molecule has 4 unspecified atom stereocenters. The number of hydrogen-bond donors (Lipinski definition) is 2. The highest BCUT2D eigenvalue weighted by molar-refractivity contribution is 5.69. The van der Waals surface area contributed by atoms with Crippen molar-refractivity contribution in [2.24, 2.45) is 23.7 Å². The zero-order chi connectivity index (χ0) is 44.2. The second kappa shape index (κ2) is 45.8. The fourth-order valence-corrected chi connectivity index (χ4v) is 9.20. The molecule has 0 aliphatic heterocycles. The van der Waals surface area contributed by atoms with Gasteiger partial charge in [-0.15, -0.1) is 0 Å². The molecular formula is C53H105NO6. The first-order valence-electron chi connectivity index (χ1n) is 26.6. The van der Waals surface area contributed by atoms with Crippen molar-refractivity contribution in [3.05, 3.63) is 0 Å². The zero-order valence-corrected chi connectivity index (χ0v) is 41.0. The molecule has 0 rings (SSSR count). The monoisotopic (exact) mass is 852 g/mol. The van der Waals surface area contributed by atoms with Crippen LogP contribution in [0, 0.1) is 23.7 Å². The predicted octanol–water partition coefficient (Wildman–Crippen LogP) is 14.6. The molecule has 358 valence electrons. The van der Waals surface area contributed by atoms with E-state index in [0.717, 1.165) is 89.8 Å². The molecule has 0 aromatic heterocycles. The van der Waals surface area contributed by atoms with E-state index in [4.69, 9.17) is 9.47 Å². The molecule has 0 bridgehead atoms. The summed E-state index contributed by atoms with van der Waals surface area (Å²) in [6.07, 6.45) is 40.1. The molecule has 0 saturated heterocycles. The van der Waals surface area contributed by atoms with E-state index < -0.39 is 0 Å². The molecule has 0 fully saturated rings. The Balaban J connectivity index is 4.70. The van der Waals surface area contributed by atoms with Crippen LogP contribution in [0.15, 0.2) is 0 Å². The van der Waals surface area contributed by atoms with Crippen LogP contribution in [-0.2, 0) is 19.1 Å².